The highest BCUT2D eigenvalue weighted by Gasteiger charge is 2.32. The van der Waals surface area contributed by atoms with Crippen molar-refractivity contribution < 1.29 is 13.2 Å². The van der Waals surface area contributed by atoms with Gasteiger partial charge in [-0.3, -0.25) is 4.79 Å². The van der Waals surface area contributed by atoms with Crippen molar-refractivity contribution in [2.24, 2.45) is 5.92 Å². The molecular formula is C23H29ClN2O3S. The Morgan fingerprint density at radius 1 is 1.17 bits per heavy atom. The lowest BCUT2D eigenvalue weighted by atomic mass is 9.99. The van der Waals surface area contributed by atoms with E-state index in [9.17, 15) is 13.2 Å². The fourth-order valence-corrected chi connectivity index (χ4v) is 5.55. The van der Waals surface area contributed by atoms with Gasteiger partial charge >= 0.3 is 0 Å². The first kappa shape index (κ1) is 22.8. The minimum absolute atomic E-state index is 0.0541. The molecule has 30 heavy (non-hydrogen) atoms. The molecule has 0 unspecified atom stereocenters. The van der Waals surface area contributed by atoms with Crippen LogP contribution in [0.15, 0.2) is 48.5 Å². The summed E-state index contributed by atoms with van der Waals surface area (Å²) in [5.41, 5.74) is 3.15. The molecule has 1 aliphatic rings. The van der Waals surface area contributed by atoms with Crippen LogP contribution < -0.4 is 5.32 Å². The molecule has 1 amide bonds. The van der Waals surface area contributed by atoms with Crippen molar-refractivity contribution in [1.82, 2.24) is 9.62 Å². The number of sulfonamides is 1. The number of carbonyl (C=O) groups excluding carboxylic acids is 1. The monoisotopic (exact) mass is 448 g/mol. The summed E-state index contributed by atoms with van der Waals surface area (Å²) in [6.07, 6.45) is 3.17. The number of benzene rings is 2. The highest BCUT2D eigenvalue weighted by Crippen LogP contribution is 2.22. The van der Waals surface area contributed by atoms with Crippen molar-refractivity contribution in [3.63, 3.8) is 0 Å². The van der Waals surface area contributed by atoms with E-state index in [4.69, 9.17) is 11.6 Å². The molecular weight excluding hydrogens is 420 g/mol. The Morgan fingerprint density at radius 2 is 1.93 bits per heavy atom. The van der Waals surface area contributed by atoms with E-state index >= 15 is 0 Å². The Hall–Kier alpha value is -1.89. The van der Waals surface area contributed by atoms with E-state index in [-0.39, 0.29) is 24.1 Å². The van der Waals surface area contributed by atoms with Crippen LogP contribution in [0.1, 0.15) is 36.0 Å². The first-order valence-corrected chi connectivity index (χ1v) is 12.4. The number of piperidine rings is 1. The number of carbonyl (C=O) groups is 1. The van der Waals surface area contributed by atoms with Gasteiger partial charge in [-0.15, -0.1) is 0 Å². The standard InChI is InChI=1S/C23H29ClN2O3S/c1-18-9-11-19(12-10-18)6-3-13-25-23(27)21-7-4-14-26(16-21)30(28,29)17-20-5-2-8-22(24)15-20/h2,5,8-12,15,21H,3-4,6-7,13-14,16-17H2,1H3,(H,25,27)/t21-/m0/s1. The van der Waals surface area contributed by atoms with E-state index in [0.717, 1.165) is 12.8 Å². The summed E-state index contributed by atoms with van der Waals surface area (Å²) in [6.45, 7) is 3.36. The SMILES string of the molecule is Cc1ccc(CCCNC(=O)[C@H]2CCCN(S(=O)(=O)Cc3cccc(Cl)c3)C2)cc1. The third-order valence-corrected chi connectivity index (χ3v) is 7.50. The van der Waals surface area contributed by atoms with Crippen LogP contribution in [0.4, 0.5) is 0 Å². The maximum absolute atomic E-state index is 12.8. The maximum Gasteiger partial charge on any atom is 0.224 e. The fourth-order valence-electron chi connectivity index (χ4n) is 3.74. The summed E-state index contributed by atoms with van der Waals surface area (Å²) < 4.78 is 27.1. The molecule has 0 saturated carbocycles. The van der Waals surface area contributed by atoms with E-state index in [1.165, 1.54) is 15.4 Å². The van der Waals surface area contributed by atoms with Crippen LogP contribution in [-0.4, -0.2) is 38.3 Å². The van der Waals surface area contributed by atoms with Crippen molar-refractivity contribution in [1.29, 1.82) is 0 Å². The average Bonchev–Trinajstić information content (AvgIpc) is 2.72. The maximum atomic E-state index is 12.8. The summed E-state index contributed by atoms with van der Waals surface area (Å²) in [6, 6.07) is 15.3. The number of hydrogen-bond donors (Lipinski definition) is 1. The molecule has 1 aliphatic heterocycles. The predicted molar refractivity (Wildman–Crippen MR) is 121 cm³/mol. The number of aryl methyl sites for hydroxylation is 2. The van der Waals surface area contributed by atoms with Gasteiger partial charge in [-0.2, -0.15) is 0 Å². The van der Waals surface area contributed by atoms with E-state index in [1.54, 1.807) is 24.3 Å². The molecule has 1 atom stereocenters. The summed E-state index contributed by atoms with van der Waals surface area (Å²) >= 11 is 5.97. The molecule has 2 aromatic rings. The van der Waals surface area contributed by atoms with Crippen molar-refractivity contribution in [3.8, 4) is 0 Å². The largest absolute Gasteiger partial charge is 0.356 e. The van der Waals surface area contributed by atoms with E-state index in [2.05, 4.69) is 36.5 Å². The van der Waals surface area contributed by atoms with Crippen molar-refractivity contribution in [2.75, 3.05) is 19.6 Å². The second-order valence-electron chi connectivity index (χ2n) is 7.96. The lowest BCUT2D eigenvalue weighted by molar-refractivity contribution is -0.126. The Balaban J connectivity index is 1.48. The summed E-state index contributed by atoms with van der Waals surface area (Å²) in [5.74, 6) is -0.452. The van der Waals surface area contributed by atoms with Gasteiger partial charge in [0.05, 0.1) is 11.7 Å². The number of rotatable bonds is 8. The molecule has 0 spiro atoms. The molecule has 3 rings (SSSR count). The zero-order valence-electron chi connectivity index (χ0n) is 17.3. The van der Waals surface area contributed by atoms with Crippen LogP contribution in [-0.2, 0) is 27.0 Å². The highest BCUT2D eigenvalue weighted by molar-refractivity contribution is 7.88. The first-order valence-electron chi connectivity index (χ1n) is 10.4. The lowest BCUT2D eigenvalue weighted by Gasteiger charge is -2.31. The molecule has 0 aliphatic carbocycles. The topological polar surface area (TPSA) is 66.5 Å². The second-order valence-corrected chi connectivity index (χ2v) is 10.4. The predicted octanol–water partition coefficient (Wildman–Crippen LogP) is 3.94. The highest BCUT2D eigenvalue weighted by atomic mass is 35.5. The van der Waals surface area contributed by atoms with Crippen LogP contribution in [0, 0.1) is 12.8 Å². The summed E-state index contributed by atoms with van der Waals surface area (Å²) in [7, 11) is -3.49. The fraction of sp³-hybridized carbons (Fsp3) is 0.435. The molecule has 1 N–H and O–H groups in total. The molecule has 162 valence electrons. The first-order chi connectivity index (χ1) is 14.3. The van der Waals surface area contributed by atoms with Gasteiger partial charge in [0.2, 0.25) is 15.9 Å². The molecule has 0 radical (unpaired) electrons. The number of halogens is 1. The van der Waals surface area contributed by atoms with Crippen LogP contribution in [0.25, 0.3) is 0 Å². The zero-order chi connectivity index (χ0) is 21.6. The molecule has 1 saturated heterocycles. The van der Waals surface area contributed by atoms with Gasteiger partial charge in [-0.05, 0) is 55.9 Å². The Kier molecular flexibility index (Phi) is 7.92. The van der Waals surface area contributed by atoms with Gasteiger partial charge in [-0.1, -0.05) is 53.6 Å². The summed E-state index contributed by atoms with van der Waals surface area (Å²) in [5, 5.41) is 3.50. The van der Waals surface area contributed by atoms with Crippen LogP contribution in [0.3, 0.4) is 0 Å². The number of hydrogen-bond acceptors (Lipinski definition) is 3. The molecule has 2 aromatic carbocycles. The van der Waals surface area contributed by atoms with Gasteiger partial charge in [0.1, 0.15) is 0 Å². The molecule has 0 bridgehead atoms. The number of nitrogens with one attached hydrogen (secondary N) is 1. The van der Waals surface area contributed by atoms with Crippen LogP contribution >= 0.6 is 11.6 Å². The van der Waals surface area contributed by atoms with Crippen molar-refractivity contribution >= 4 is 27.5 Å². The van der Waals surface area contributed by atoms with E-state index in [0.29, 0.717) is 36.5 Å². The average molecular weight is 449 g/mol. The molecule has 1 fully saturated rings. The van der Waals surface area contributed by atoms with Crippen LogP contribution in [0.5, 0.6) is 0 Å². The quantitative estimate of drug-likeness (QED) is 0.622. The number of amides is 1. The van der Waals surface area contributed by atoms with Crippen LogP contribution in [0.2, 0.25) is 5.02 Å². The van der Waals surface area contributed by atoms with Gasteiger partial charge in [0, 0.05) is 24.7 Å². The normalized spacial score (nSPS) is 17.6. The van der Waals surface area contributed by atoms with E-state index in [1.807, 2.05) is 0 Å². The Bertz CT molecular complexity index is 961. The van der Waals surface area contributed by atoms with Crippen molar-refractivity contribution in [2.45, 2.75) is 38.4 Å². The molecule has 0 aromatic heterocycles. The smallest absolute Gasteiger partial charge is 0.224 e. The van der Waals surface area contributed by atoms with Gasteiger partial charge in [-0.25, -0.2) is 12.7 Å². The zero-order valence-corrected chi connectivity index (χ0v) is 18.9. The Morgan fingerprint density at radius 3 is 2.67 bits per heavy atom. The molecule has 1 heterocycles. The van der Waals surface area contributed by atoms with Gasteiger partial charge in [0.25, 0.3) is 0 Å². The minimum Gasteiger partial charge on any atom is -0.356 e. The lowest BCUT2D eigenvalue weighted by Crippen LogP contribution is -2.45. The van der Waals surface area contributed by atoms with Gasteiger partial charge in [0.15, 0.2) is 0 Å². The Labute approximate surface area is 184 Å². The second kappa shape index (κ2) is 10.4. The molecule has 7 heteroatoms. The molecule has 5 nitrogen and oxygen atoms in total. The van der Waals surface area contributed by atoms with E-state index < -0.39 is 10.0 Å². The third-order valence-electron chi connectivity index (χ3n) is 5.45. The minimum atomic E-state index is -3.49. The summed E-state index contributed by atoms with van der Waals surface area (Å²) in [4.78, 5) is 12.6. The van der Waals surface area contributed by atoms with Crippen molar-refractivity contribution in [3.05, 3.63) is 70.2 Å². The van der Waals surface area contributed by atoms with Gasteiger partial charge < -0.3 is 5.32 Å². The third kappa shape index (κ3) is 6.56. The number of nitrogens with zero attached hydrogens (tertiary/aromatic N) is 1.